The Balaban J connectivity index is 1.77. The fraction of sp³-hybridized carbons (Fsp3) is 0.400. The number of rotatable bonds is 5. The Hall–Kier alpha value is -2.52. The molecule has 10 heteroatoms. The van der Waals surface area contributed by atoms with Crippen LogP contribution in [0.3, 0.4) is 0 Å². The Morgan fingerprint density at radius 3 is 2.80 bits per heavy atom. The molecule has 0 bridgehead atoms. The van der Waals surface area contributed by atoms with Crippen LogP contribution < -0.4 is 16.6 Å². The zero-order valence-electron chi connectivity index (χ0n) is 16.0. The standard InChI is InChI=1S/C20H20ClFN4O3S/c21-16-10-23-19(30-16)25-17(27)15(8-11-4-2-1-3-5-11)26-18(28)13-9-12(22)6-7-14(13)24-20(26)29/h6-7,9-11,15H,1-5,8H2,(H,24,29)(H,23,25,27). The maximum absolute atomic E-state index is 13.7. The lowest BCUT2D eigenvalue weighted by molar-refractivity contribution is -0.120. The van der Waals surface area contributed by atoms with Crippen molar-refractivity contribution in [2.24, 2.45) is 5.92 Å². The number of hydrogen-bond donors (Lipinski definition) is 2. The maximum Gasteiger partial charge on any atom is 0.329 e. The van der Waals surface area contributed by atoms with Crippen LogP contribution >= 0.6 is 22.9 Å². The van der Waals surface area contributed by atoms with Crippen molar-refractivity contribution < 1.29 is 9.18 Å². The number of aromatic nitrogens is 3. The Morgan fingerprint density at radius 1 is 1.33 bits per heavy atom. The second-order valence-corrected chi connectivity index (χ2v) is 9.17. The summed E-state index contributed by atoms with van der Waals surface area (Å²) in [6, 6.07) is 2.53. The summed E-state index contributed by atoms with van der Waals surface area (Å²) in [7, 11) is 0. The molecule has 0 aliphatic heterocycles. The molecule has 2 heterocycles. The fourth-order valence-electron chi connectivity index (χ4n) is 4.05. The summed E-state index contributed by atoms with van der Waals surface area (Å²) >= 11 is 6.97. The van der Waals surface area contributed by atoms with Crippen molar-refractivity contribution in [3.63, 3.8) is 0 Å². The molecule has 2 N–H and O–H groups in total. The first-order chi connectivity index (χ1) is 14.4. The van der Waals surface area contributed by atoms with Gasteiger partial charge in [-0.3, -0.25) is 9.59 Å². The molecule has 1 saturated carbocycles. The molecule has 4 rings (SSSR count). The first-order valence-electron chi connectivity index (χ1n) is 9.78. The Kier molecular flexibility index (Phi) is 6.01. The van der Waals surface area contributed by atoms with Crippen LogP contribution in [0.1, 0.15) is 44.6 Å². The lowest BCUT2D eigenvalue weighted by Crippen LogP contribution is -2.43. The number of nitrogens with zero attached hydrogens (tertiary/aromatic N) is 2. The van der Waals surface area contributed by atoms with Crippen LogP contribution in [-0.4, -0.2) is 20.4 Å². The maximum atomic E-state index is 13.7. The molecule has 7 nitrogen and oxygen atoms in total. The van der Waals surface area contributed by atoms with Crippen LogP contribution in [0.15, 0.2) is 34.0 Å². The Morgan fingerprint density at radius 2 is 2.10 bits per heavy atom. The van der Waals surface area contributed by atoms with Gasteiger partial charge in [0.05, 0.1) is 17.1 Å². The van der Waals surface area contributed by atoms with Crippen LogP contribution in [0, 0.1) is 11.7 Å². The summed E-state index contributed by atoms with van der Waals surface area (Å²) in [5.41, 5.74) is -1.17. The molecule has 1 unspecified atom stereocenters. The van der Waals surface area contributed by atoms with Crippen molar-refractivity contribution in [3.05, 3.63) is 55.4 Å². The summed E-state index contributed by atoms with van der Waals surface area (Å²) in [5, 5.41) is 2.97. The van der Waals surface area contributed by atoms with E-state index < -0.39 is 29.0 Å². The van der Waals surface area contributed by atoms with Crippen molar-refractivity contribution >= 4 is 44.9 Å². The number of aromatic amines is 1. The van der Waals surface area contributed by atoms with E-state index in [0.29, 0.717) is 10.8 Å². The number of hydrogen-bond acceptors (Lipinski definition) is 5. The highest BCUT2D eigenvalue weighted by atomic mass is 35.5. The third-order valence-corrected chi connectivity index (χ3v) is 6.52. The number of amides is 1. The zero-order chi connectivity index (χ0) is 21.3. The van der Waals surface area contributed by atoms with E-state index in [2.05, 4.69) is 15.3 Å². The van der Waals surface area contributed by atoms with E-state index in [1.807, 2.05) is 0 Å². The second-order valence-electron chi connectivity index (χ2n) is 7.51. The van der Waals surface area contributed by atoms with Crippen molar-refractivity contribution in [2.75, 3.05) is 5.32 Å². The first-order valence-corrected chi connectivity index (χ1v) is 11.0. The van der Waals surface area contributed by atoms with E-state index in [9.17, 15) is 18.8 Å². The second kappa shape index (κ2) is 8.69. The van der Waals surface area contributed by atoms with Gasteiger partial charge in [0.25, 0.3) is 5.56 Å². The molecule has 0 radical (unpaired) electrons. The van der Waals surface area contributed by atoms with E-state index in [0.717, 1.165) is 54.1 Å². The molecular formula is C20H20ClFN4O3S. The Bertz CT molecular complexity index is 1200. The van der Waals surface area contributed by atoms with Crippen LogP contribution in [0.5, 0.6) is 0 Å². The minimum Gasteiger partial charge on any atom is -0.307 e. The fourth-order valence-corrected chi connectivity index (χ4v) is 4.87. The number of carbonyl (C=O) groups is 1. The molecule has 1 aliphatic carbocycles. The van der Waals surface area contributed by atoms with Gasteiger partial charge in [0.1, 0.15) is 16.2 Å². The minimum atomic E-state index is -1.04. The van der Waals surface area contributed by atoms with E-state index in [1.54, 1.807) is 0 Å². The minimum absolute atomic E-state index is 0.0216. The van der Waals surface area contributed by atoms with Crippen LogP contribution in [0.25, 0.3) is 10.9 Å². The van der Waals surface area contributed by atoms with Crippen molar-refractivity contribution in [1.82, 2.24) is 14.5 Å². The number of carbonyl (C=O) groups excluding carboxylic acids is 1. The average Bonchev–Trinajstić information content (AvgIpc) is 3.13. The van der Waals surface area contributed by atoms with Gasteiger partial charge >= 0.3 is 5.69 Å². The van der Waals surface area contributed by atoms with Crippen molar-refractivity contribution in [2.45, 2.75) is 44.6 Å². The van der Waals surface area contributed by atoms with Gasteiger partial charge in [-0.25, -0.2) is 18.7 Å². The van der Waals surface area contributed by atoms with Gasteiger partial charge in [-0.05, 0) is 30.5 Å². The van der Waals surface area contributed by atoms with Crippen LogP contribution in [-0.2, 0) is 4.79 Å². The van der Waals surface area contributed by atoms with E-state index in [1.165, 1.54) is 18.3 Å². The topological polar surface area (TPSA) is 96.8 Å². The molecule has 1 amide bonds. The molecule has 1 atom stereocenters. The molecule has 0 saturated heterocycles. The number of H-pyrrole nitrogens is 1. The summed E-state index contributed by atoms with van der Waals surface area (Å²) in [4.78, 5) is 45.6. The molecule has 1 fully saturated rings. The molecule has 158 valence electrons. The molecule has 1 aliphatic rings. The number of anilines is 1. The zero-order valence-corrected chi connectivity index (χ0v) is 17.6. The average molecular weight is 451 g/mol. The lowest BCUT2D eigenvalue weighted by Gasteiger charge is -2.26. The monoisotopic (exact) mass is 450 g/mol. The number of benzene rings is 1. The Labute approximate surface area is 179 Å². The molecule has 30 heavy (non-hydrogen) atoms. The van der Waals surface area contributed by atoms with Gasteiger partial charge in [0.2, 0.25) is 5.91 Å². The molecular weight excluding hydrogens is 431 g/mol. The summed E-state index contributed by atoms with van der Waals surface area (Å²) in [5.74, 6) is -0.900. The van der Waals surface area contributed by atoms with Crippen molar-refractivity contribution in [3.8, 4) is 0 Å². The smallest absolute Gasteiger partial charge is 0.307 e. The van der Waals surface area contributed by atoms with Crippen molar-refractivity contribution in [1.29, 1.82) is 0 Å². The van der Waals surface area contributed by atoms with Gasteiger partial charge in [-0.2, -0.15) is 0 Å². The molecule has 3 aromatic rings. The number of fused-ring (bicyclic) bond motifs is 1. The lowest BCUT2D eigenvalue weighted by atomic mass is 9.84. The predicted octanol–water partition coefficient (Wildman–Crippen LogP) is 4.09. The van der Waals surface area contributed by atoms with Gasteiger partial charge in [0.15, 0.2) is 5.13 Å². The van der Waals surface area contributed by atoms with Gasteiger partial charge in [-0.15, -0.1) is 0 Å². The molecule has 2 aromatic heterocycles. The van der Waals surface area contributed by atoms with Crippen LogP contribution in [0.2, 0.25) is 4.34 Å². The van der Waals surface area contributed by atoms with E-state index in [4.69, 9.17) is 11.6 Å². The quantitative estimate of drug-likeness (QED) is 0.611. The third kappa shape index (κ3) is 4.32. The molecule has 0 spiro atoms. The molecule has 1 aromatic carbocycles. The predicted molar refractivity (Wildman–Crippen MR) is 115 cm³/mol. The van der Waals surface area contributed by atoms with E-state index >= 15 is 0 Å². The third-order valence-electron chi connectivity index (χ3n) is 5.49. The van der Waals surface area contributed by atoms with E-state index in [-0.39, 0.29) is 22.0 Å². The highest BCUT2D eigenvalue weighted by Gasteiger charge is 2.29. The van der Waals surface area contributed by atoms with Crippen LogP contribution in [0.4, 0.5) is 9.52 Å². The number of halogens is 2. The number of thiazole rings is 1. The van der Waals surface area contributed by atoms with Gasteiger partial charge in [0, 0.05) is 0 Å². The van der Waals surface area contributed by atoms with Gasteiger partial charge in [-0.1, -0.05) is 55.0 Å². The first kappa shape index (κ1) is 20.7. The summed E-state index contributed by atoms with van der Waals surface area (Å²) in [6.45, 7) is 0. The highest BCUT2D eigenvalue weighted by molar-refractivity contribution is 7.19. The largest absolute Gasteiger partial charge is 0.329 e. The van der Waals surface area contributed by atoms with Gasteiger partial charge < -0.3 is 10.3 Å². The summed E-state index contributed by atoms with van der Waals surface area (Å²) < 4.78 is 15.0. The normalized spacial score (nSPS) is 15.9. The SMILES string of the molecule is O=C(Nc1ncc(Cl)s1)C(CC1CCCCC1)n1c(=O)[nH]c2ccc(F)cc2c1=O. The summed E-state index contributed by atoms with van der Waals surface area (Å²) in [6.07, 6.45) is 6.86. The highest BCUT2D eigenvalue weighted by Crippen LogP contribution is 2.31. The number of nitrogens with one attached hydrogen (secondary N) is 2.